The van der Waals surface area contributed by atoms with Crippen molar-refractivity contribution >= 4 is 69.8 Å². The molecule has 0 aliphatic rings. The van der Waals surface area contributed by atoms with Gasteiger partial charge in [-0.3, -0.25) is 4.79 Å². The Labute approximate surface area is 178 Å². The van der Waals surface area contributed by atoms with Crippen molar-refractivity contribution in [2.24, 2.45) is 0 Å². The molecule has 3 aromatic rings. The number of nitrogens with one attached hydrogen (secondary N) is 1. The minimum absolute atomic E-state index is 0.0174. The molecule has 0 aliphatic heterocycles. The van der Waals surface area contributed by atoms with Gasteiger partial charge in [0.25, 0.3) is 0 Å². The number of thioether (sulfide) groups is 1. The van der Waals surface area contributed by atoms with Crippen LogP contribution in [0.4, 0.5) is 5.69 Å². The van der Waals surface area contributed by atoms with Crippen LogP contribution in [-0.4, -0.2) is 26.5 Å². The van der Waals surface area contributed by atoms with Gasteiger partial charge in [0.2, 0.25) is 11.1 Å². The predicted octanol–water partition coefficient (Wildman–Crippen LogP) is 4.90. The number of aryl methyl sites for hydroxylation is 1. The van der Waals surface area contributed by atoms with Crippen LogP contribution in [-0.2, 0) is 4.79 Å². The van der Waals surface area contributed by atoms with Gasteiger partial charge < -0.3 is 15.6 Å². The van der Waals surface area contributed by atoms with Gasteiger partial charge in [-0.1, -0.05) is 58.2 Å². The minimum atomic E-state index is -0.397. The second-order valence-corrected chi connectivity index (χ2v) is 7.76. The molecule has 2 aromatic heterocycles. The van der Waals surface area contributed by atoms with E-state index in [0.29, 0.717) is 22.3 Å². The average Bonchev–Trinajstić information content (AvgIpc) is 3.20. The quantitative estimate of drug-likeness (QED) is 0.315. The van der Waals surface area contributed by atoms with Gasteiger partial charge in [-0.15, -0.1) is 10.2 Å². The van der Waals surface area contributed by atoms with Crippen LogP contribution in [0.2, 0.25) is 20.1 Å². The standard InChI is InChI=1S/C15H11Cl4N5O2S/c1-6-7(2-3-26-6)14-22-23-15(24(14)20)27-5-10(25)21-13-11(18)8(16)4-9(17)12(13)19/h2-4H,5,20H2,1H3,(H,21,25). The van der Waals surface area contributed by atoms with Gasteiger partial charge in [-0.25, -0.2) is 4.68 Å². The summed E-state index contributed by atoms with van der Waals surface area (Å²) in [7, 11) is 0. The molecule has 0 atom stereocenters. The molecule has 1 amide bonds. The van der Waals surface area contributed by atoms with Gasteiger partial charge in [-0.05, 0) is 19.1 Å². The van der Waals surface area contributed by atoms with Gasteiger partial charge in [0.15, 0.2) is 5.82 Å². The molecule has 12 heteroatoms. The highest BCUT2D eigenvalue weighted by Gasteiger charge is 2.19. The van der Waals surface area contributed by atoms with Gasteiger partial charge >= 0.3 is 0 Å². The molecule has 3 rings (SSSR count). The van der Waals surface area contributed by atoms with E-state index in [1.807, 2.05) is 0 Å². The number of carbonyl (C=O) groups is 1. The van der Waals surface area contributed by atoms with Gasteiger partial charge in [0, 0.05) is 0 Å². The van der Waals surface area contributed by atoms with Crippen LogP contribution in [0.15, 0.2) is 28.0 Å². The molecule has 0 bridgehead atoms. The molecule has 0 saturated heterocycles. The molecular formula is C15H11Cl4N5O2S. The van der Waals surface area contributed by atoms with Gasteiger partial charge in [-0.2, -0.15) is 0 Å². The summed E-state index contributed by atoms with van der Waals surface area (Å²) in [6.45, 7) is 1.79. The highest BCUT2D eigenvalue weighted by Crippen LogP contribution is 2.41. The van der Waals surface area contributed by atoms with Crippen LogP contribution >= 0.6 is 58.2 Å². The van der Waals surface area contributed by atoms with Crippen LogP contribution in [0.25, 0.3) is 11.4 Å². The van der Waals surface area contributed by atoms with Crippen molar-refractivity contribution in [1.82, 2.24) is 14.9 Å². The van der Waals surface area contributed by atoms with E-state index >= 15 is 0 Å². The van der Waals surface area contributed by atoms with Gasteiger partial charge in [0.1, 0.15) is 5.76 Å². The molecule has 27 heavy (non-hydrogen) atoms. The van der Waals surface area contributed by atoms with Crippen molar-refractivity contribution in [3.05, 3.63) is 44.2 Å². The number of nitrogens with zero attached hydrogens (tertiary/aromatic N) is 3. The molecule has 142 valence electrons. The summed E-state index contributed by atoms with van der Waals surface area (Å²) in [5, 5.41) is 11.5. The Morgan fingerprint density at radius 2 is 1.93 bits per heavy atom. The number of nitrogens with two attached hydrogens (primary N) is 1. The molecular weight excluding hydrogens is 456 g/mol. The molecule has 7 nitrogen and oxygen atoms in total. The zero-order valence-electron chi connectivity index (χ0n) is 13.6. The Hall–Kier alpha value is -1.58. The van der Waals surface area contributed by atoms with Gasteiger partial charge in [0.05, 0.1) is 43.4 Å². The van der Waals surface area contributed by atoms with Crippen LogP contribution in [0.3, 0.4) is 0 Å². The number of amides is 1. The molecule has 2 heterocycles. The summed E-state index contributed by atoms with van der Waals surface area (Å²) in [5.41, 5.74) is 0.860. The smallest absolute Gasteiger partial charge is 0.234 e. The molecule has 0 spiro atoms. The number of nitrogen functional groups attached to an aromatic ring is 1. The number of halogens is 4. The van der Waals surface area contributed by atoms with Crippen molar-refractivity contribution in [2.45, 2.75) is 12.1 Å². The van der Waals surface area contributed by atoms with Crippen molar-refractivity contribution in [3.8, 4) is 11.4 Å². The maximum absolute atomic E-state index is 12.3. The lowest BCUT2D eigenvalue weighted by Gasteiger charge is -2.11. The molecule has 0 radical (unpaired) electrons. The third-order valence-electron chi connectivity index (χ3n) is 3.47. The largest absolute Gasteiger partial charge is 0.469 e. The highest BCUT2D eigenvalue weighted by atomic mass is 35.5. The molecule has 1 aromatic carbocycles. The first-order valence-electron chi connectivity index (χ1n) is 7.30. The fourth-order valence-electron chi connectivity index (χ4n) is 2.16. The third kappa shape index (κ3) is 4.14. The van der Waals surface area contributed by atoms with Crippen LogP contribution in [0.5, 0.6) is 0 Å². The van der Waals surface area contributed by atoms with E-state index < -0.39 is 5.91 Å². The zero-order chi connectivity index (χ0) is 19.7. The van der Waals surface area contributed by atoms with Crippen LogP contribution in [0.1, 0.15) is 5.76 Å². The van der Waals surface area contributed by atoms with Crippen molar-refractivity contribution in [3.63, 3.8) is 0 Å². The van der Waals surface area contributed by atoms with E-state index in [2.05, 4.69) is 15.5 Å². The monoisotopic (exact) mass is 465 g/mol. The first kappa shape index (κ1) is 20.2. The summed E-state index contributed by atoms with van der Waals surface area (Å²) in [6.07, 6.45) is 1.53. The number of benzene rings is 1. The van der Waals surface area contributed by atoms with Crippen LogP contribution in [0, 0.1) is 6.92 Å². The van der Waals surface area contributed by atoms with E-state index in [4.69, 9.17) is 56.7 Å². The maximum Gasteiger partial charge on any atom is 0.234 e. The first-order chi connectivity index (χ1) is 12.8. The van der Waals surface area contributed by atoms with Crippen molar-refractivity contribution in [2.75, 3.05) is 16.9 Å². The van der Waals surface area contributed by atoms with E-state index in [9.17, 15) is 4.79 Å². The number of rotatable bonds is 5. The number of aromatic nitrogens is 3. The summed E-state index contributed by atoms with van der Waals surface area (Å²) >= 11 is 25.2. The SMILES string of the molecule is Cc1occc1-c1nnc(SCC(=O)Nc2c(Cl)c(Cl)cc(Cl)c2Cl)n1N. The second-order valence-electron chi connectivity index (χ2n) is 5.25. The summed E-state index contributed by atoms with van der Waals surface area (Å²) in [5.74, 6) is 6.68. The van der Waals surface area contributed by atoms with E-state index in [1.54, 1.807) is 13.0 Å². The minimum Gasteiger partial charge on any atom is -0.469 e. The lowest BCUT2D eigenvalue weighted by molar-refractivity contribution is -0.113. The normalized spacial score (nSPS) is 11.0. The summed E-state index contributed by atoms with van der Waals surface area (Å²) in [6, 6.07) is 3.13. The van der Waals surface area contributed by atoms with Crippen molar-refractivity contribution < 1.29 is 9.21 Å². The lowest BCUT2D eigenvalue weighted by atomic mass is 10.2. The highest BCUT2D eigenvalue weighted by molar-refractivity contribution is 7.99. The van der Waals surface area contributed by atoms with Crippen LogP contribution < -0.4 is 11.2 Å². The maximum atomic E-state index is 12.3. The molecule has 0 saturated carbocycles. The number of anilines is 1. The zero-order valence-corrected chi connectivity index (χ0v) is 17.4. The molecule has 3 N–H and O–H groups in total. The first-order valence-corrected chi connectivity index (χ1v) is 9.80. The second kappa shape index (κ2) is 8.20. The Morgan fingerprint density at radius 3 is 2.52 bits per heavy atom. The Bertz CT molecular complexity index is 994. The Balaban J connectivity index is 1.71. The number of carbonyl (C=O) groups excluding carboxylic acids is 1. The van der Waals surface area contributed by atoms with E-state index in [0.717, 1.165) is 11.8 Å². The topological polar surface area (TPSA) is 99.0 Å². The average molecular weight is 467 g/mol. The van der Waals surface area contributed by atoms with E-state index in [-0.39, 0.29) is 31.5 Å². The number of hydrogen-bond acceptors (Lipinski definition) is 6. The Kier molecular flexibility index (Phi) is 6.12. The molecule has 0 unspecified atom stereocenters. The lowest BCUT2D eigenvalue weighted by Crippen LogP contribution is -2.17. The molecule has 0 fully saturated rings. The fourth-order valence-corrected chi connectivity index (χ4v) is 3.73. The third-order valence-corrected chi connectivity index (χ3v) is 5.99. The molecule has 0 aliphatic carbocycles. The number of furan rings is 1. The predicted molar refractivity (Wildman–Crippen MR) is 108 cm³/mol. The fraction of sp³-hybridized carbons (Fsp3) is 0.133. The van der Waals surface area contributed by atoms with E-state index in [1.165, 1.54) is 17.0 Å². The summed E-state index contributed by atoms with van der Waals surface area (Å²) in [4.78, 5) is 12.3. The Morgan fingerprint density at radius 1 is 1.26 bits per heavy atom. The summed E-state index contributed by atoms with van der Waals surface area (Å²) < 4.78 is 6.52. The van der Waals surface area contributed by atoms with Crippen molar-refractivity contribution in [1.29, 1.82) is 0 Å². The number of hydrogen-bond donors (Lipinski definition) is 2.